The number of ether oxygens (including phenoxy) is 2. The molecule has 0 aliphatic rings. The number of aryl methyl sites for hydroxylation is 2. The van der Waals surface area contributed by atoms with Crippen molar-refractivity contribution in [2.45, 2.75) is 20.1 Å². The first-order valence-corrected chi connectivity index (χ1v) is 9.74. The summed E-state index contributed by atoms with van der Waals surface area (Å²) < 4.78 is 30.5. The first-order valence-electron chi connectivity index (χ1n) is 8.86. The lowest BCUT2D eigenvalue weighted by Gasteiger charge is -2.04. The van der Waals surface area contributed by atoms with Crippen LogP contribution in [-0.2, 0) is 25.0 Å². The molecule has 0 bridgehead atoms. The number of nitrogens with zero attached hydrogens (tertiary/aromatic N) is 3. The van der Waals surface area contributed by atoms with Gasteiger partial charge in [0.05, 0.1) is 5.69 Å². The second kappa shape index (κ2) is 8.07. The minimum absolute atomic E-state index is 0.0637. The third-order valence-corrected chi connectivity index (χ3v) is 5.15. The second-order valence-electron chi connectivity index (χ2n) is 6.43. The molecule has 8 nitrogen and oxygen atoms in total. The Labute approximate surface area is 173 Å². The standard InChI is InChI=1S/C20H16FN3O5S/c1-11-16(17-18(29-11)22-10-24(2)19(17)25)20(26)28-7-13-9-30-15(23-13)8-27-14-5-3-12(21)4-6-14/h3-6,9-10H,7-8H2,1-2H3. The zero-order chi connectivity index (χ0) is 21.3. The lowest BCUT2D eigenvalue weighted by Crippen LogP contribution is -2.19. The van der Waals surface area contributed by atoms with Crippen molar-refractivity contribution in [3.05, 3.63) is 74.2 Å². The number of benzene rings is 1. The molecule has 0 radical (unpaired) electrons. The van der Waals surface area contributed by atoms with Crippen LogP contribution in [0, 0.1) is 12.7 Å². The molecule has 0 unspecified atom stereocenters. The van der Waals surface area contributed by atoms with Crippen LogP contribution in [-0.4, -0.2) is 20.5 Å². The largest absolute Gasteiger partial charge is 0.486 e. The summed E-state index contributed by atoms with van der Waals surface area (Å²) in [7, 11) is 1.54. The smallest absolute Gasteiger partial charge is 0.343 e. The lowest BCUT2D eigenvalue weighted by atomic mass is 10.2. The summed E-state index contributed by atoms with van der Waals surface area (Å²) in [5.41, 5.74) is 0.311. The summed E-state index contributed by atoms with van der Waals surface area (Å²) in [6.45, 7) is 1.71. The minimum Gasteiger partial charge on any atom is -0.486 e. The van der Waals surface area contributed by atoms with Gasteiger partial charge in [-0.3, -0.25) is 4.79 Å². The summed E-state index contributed by atoms with van der Waals surface area (Å²) in [6, 6.07) is 5.68. The topological polar surface area (TPSA) is 96.5 Å². The van der Waals surface area contributed by atoms with Crippen LogP contribution < -0.4 is 10.3 Å². The Morgan fingerprint density at radius 3 is 2.80 bits per heavy atom. The second-order valence-corrected chi connectivity index (χ2v) is 7.37. The van der Waals surface area contributed by atoms with E-state index in [1.807, 2.05) is 0 Å². The van der Waals surface area contributed by atoms with Crippen molar-refractivity contribution < 1.29 is 23.1 Å². The fourth-order valence-corrected chi connectivity index (χ4v) is 3.49. The van der Waals surface area contributed by atoms with Gasteiger partial charge in [-0.2, -0.15) is 0 Å². The number of halogens is 1. The summed E-state index contributed by atoms with van der Waals surface area (Å²) >= 11 is 1.35. The van der Waals surface area contributed by atoms with E-state index in [-0.39, 0.29) is 41.5 Å². The van der Waals surface area contributed by atoms with E-state index in [0.717, 1.165) is 0 Å². The van der Waals surface area contributed by atoms with Crippen molar-refractivity contribution in [2.75, 3.05) is 0 Å². The molecular formula is C20H16FN3O5S. The quantitative estimate of drug-likeness (QED) is 0.434. The summed E-state index contributed by atoms with van der Waals surface area (Å²) in [4.78, 5) is 33.3. The fourth-order valence-electron chi connectivity index (χ4n) is 2.80. The molecule has 1 aromatic carbocycles. The molecule has 0 aliphatic heterocycles. The average Bonchev–Trinajstić information content (AvgIpc) is 3.32. The molecule has 0 atom stereocenters. The third kappa shape index (κ3) is 3.94. The highest BCUT2D eigenvalue weighted by Gasteiger charge is 2.24. The zero-order valence-electron chi connectivity index (χ0n) is 16.0. The van der Waals surface area contributed by atoms with Gasteiger partial charge in [0.15, 0.2) is 0 Å². The van der Waals surface area contributed by atoms with Gasteiger partial charge in [0, 0.05) is 12.4 Å². The Kier molecular flexibility index (Phi) is 5.32. The molecule has 0 saturated heterocycles. The Morgan fingerprint density at radius 1 is 1.27 bits per heavy atom. The van der Waals surface area contributed by atoms with E-state index in [1.165, 1.54) is 53.5 Å². The number of carbonyl (C=O) groups is 1. The van der Waals surface area contributed by atoms with Crippen LogP contribution in [0.3, 0.4) is 0 Å². The molecule has 0 saturated carbocycles. The van der Waals surface area contributed by atoms with Gasteiger partial charge < -0.3 is 18.5 Å². The van der Waals surface area contributed by atoms with Crippen molar-refractivity contribution in [2.24, 2.45) is 7.05 Å². The van der Waals surface area contributed by atoms with Crippen molar-refractivity contribution in [3.8, 4) is 5.75 Å². The number of hydrogen-bond donors (Lipinski definition) is 0. The molecule has 0 N–H and O–H groups in total. The Morgan fingerprint density at radius 2 is 2.03 bits per heavy atom. The van der Waals surface area contributed by atoms with Crippen LogP contribution in [0.25, 0.3) is 11.1 Å². The number of hydrogen-bond acceptors (Lipinski definition) is 8. The van der Waals surface area contributed by atoms with Crippen LogP contribution >= 0.6 is 11.3 Å². The van der Waals surface area contributed by atoms with Crippen molar-refractivity contribution in [1.29, 1.82) is 0 Å². The molecule has 0 aliphatic carbocycles. The zero-order valence-corrected chi connectivity index (χ0v) is 16.9. The van der Waals surface area contributed by atoms with Gasteiger partial charge in [0.1, 0.15) is 52.8 Å². The first-order chi connectivity index (χ1) is 14.4. The van der Waals surface area contributed by atoms with E-state index in [9.17, 15) is 14.0 Å². The normalized spacial score (nSPS) is 11.0. The number of thiazole rings is 1. The molecule has 154 valence electrons. The predicted molar refractivity (Wildman–Crippen MR) is 106 cm³/mol. The van der Waals surface area contributed by atoms with E-state index in [1.54, 1.807) is 12.3 Å². The Balaban J connectivity index is 1.42. The molecule has 4 rings (SSSR count). The van der Waals surface area contributed by atoms with Crippen molar-refractivity contribution >= 4 is 28.4 Å². The molecule has 0 spiro atoms. The van der Waals surface area contributed by atoms with Crippen LogP contribution in [0.1, 0.15) is 26.8 Å². The maximum atomic E-state index is 12.9. The number of aromatic nitrogens is 3. The van der Waals surface area contributed by atoms with Gasteiger partial charge in [-0.05, 0) is 31.2 Å². The summed E-state index contributed by atoms with van der Waals surface area (Å²) in [6.07, 6.45) is 1.33. The van der Waals surface area contributed by atoms with Crippen LogP contribution in [0.15, 0.2) is 45.2 Å². The van der Waals surface area contributed by atoms with E-state index >= 15 is 0 Å². The highest BCUT2D eigenvalue weighted by Crippen LogP contribution is 2.22. The molecule has 4 aromatic rings. The Bertz CT molecular complexity index is 1280. The van der Waals surface area contributed by atoms with Gasteiger partial charge in [-0.25, -0.2) is 19.2 Å². The summed E-state index contributed by atoms with van der Waals surface area (Å²) in [5.74, 6) is -0.238. The van der Waals surface area contributed by atoms with Gasteiger partial charge in [-0.15, -0.1) is 11.3 Å². The van der Waals surface area contributed by atoms with E-state index < -0.39 is 11.5 Å². The number of furan rings is 1. The van der Waals surface area contributed by atoms with Crippen LogP contribution in [0.4, 0.5) is 4.39 Å². The van der Waals surface area contributed by atoms with Gasteiger partial charge >= 0.3 is 5.97 Å². The van der Waals surface area contributed by atoms with Crippen LogP contribution in [0.2, 0.25) is 0 Å². The van der Waals surface area contributed by atoms with Crippen molar-refractivity contribution in [3.63, 3.8) is 0 Å². The number of rotatable bonds is 6. The molecule has 0 fully saturated rings. The average molecular weight is 429 g/mol. The van der Waals surface area contributed by atoms with E-state index in [2.05, 4.69) is 9.97 Å². The number of fused-ring (bicyclic) bond motifs is 1. The molecule has 3 heterocycles. The highest BCUT2D eigenvalue weighted by atomic mass is 32.1. The third-order valence-electron chi connectivity index (χ3n) is 4.28. The lowest BCUT2D eigenvalue weighted by molar-refractivity contribution is 0.0468. The number of carbonyl (C=O) groups excluding carboxylic acids is 1. The van der Waals surface area contributed by atoms with Gasteiger partial charge in [-0.1, -0.05) is 0 Å². The van der Waals surface area contributed by atoms with Crippen molar-refractivity contribution in [1.82, 2.24) is 14.5 Å². The molecule has 10 heteroatoms. The molecule has 0 amide bonds. The minimum atomic E-state index is -0.687. The van der Waals surface area contributed by atoms with E-state index in [4.69, 9.17) is 13.9 Å². The van der Waals surface area contributed by atoms with Gasteiger partial charge in [0.2, 0.25) is 5.71 Å². The summed E-state index contributed by atoms with van der Waals surface area (Å²) in [5, 5.41) is 2.51. The molecule has 30 heavy (non-hydrogen) atoms. The number of esters is 1. The molecular weight excluding hydrogens is 413 g/mol. The monoisotopic (exact) mass is 429 g/mol. The first kappa shape index (κ1) is 19.8. The van der Waals surface area contributed by atoms with E-state index in [0.29, 0.717) is 16.5 Å². The fraction of sp³-hybridized carbons (Fsp3) is 0.200. The molecule has 3 aromatic heterocycles. The SMILES string of the molecule is Cc1oc2ncn(C)c(=O)c2c1C(=O)OCc1csc(COc2ccc(F)cc2)n1. The highest BCUT2D eigenvalue weighted by molar-refractivity contribution is 7.09. The predicted octanol–water partition coefficient (Wildman–Crippen LogP) is 3.37. The van der Waals surface area contributed by atoms with Crippen LogP contribution in [0.5, 0.6) is 5.75 Å². The Hall–Kier alpha value is -3.53. The maximum absolute atomic E-state index is 12.9. The maximum Gasteiger partial charge on any atom is 0.343 e. The van der Waals surface area contributed by atoms with Gasteiger partial charge in [0.25, 0.3) is 5.56 Å².